The molecular weight excluding hydrogens is 218 g/mol. The maximum atomic E-state index is 9.63. The number of nitrogens with zero attached hydrogens (tertiary/aromatic N) is 2. The van der Waals surface area contributed by atoms with Crippen LogP contribution < -0.4 is 16.4 Å². The summed E-state index contributed by atoms with van der Waals surface area (Å²) in [7, 11) is 0. The summed E-state index contributed by atoms with van der Waals surface area (Å²) in [6.07, 6.45) is -0.513. The van der Waals surface area contributed by atoms with Gasteiger partial charge in [0.2, 0.25) is 5.95 Å². The lowest BCUT2D eigenvalue weighted by molar-refractivity contribution is 0.133. The zero-order valence-electron chi connectivity index (χ0n) is 10.8. The second-order valence-electron chi connectivity index (χ2n) is 4.55. The fraction of sp³-hybridized carbons (Fsp3) is 0.636. The van der Waals surface area contributed by atoms with Gasteiger partial charge in [0.1, 0.15) is 11.6 Å². The van der Waals surface area contributed by atoms with Gasteiger partial charge in [0.25, 0.3) is 0 Å². The number of anilines is 3. The Morgan fingerprint density at radius 1 is 1.41 bits per heavy atom. The molecule has 0 saturated heterocycles. The van der Waals surface area contributed by atoms with Crippen molar-refractivity contribution in [3.63, 3.8) is 0 Å². The molecular formula is C11H21N5O. The molecule has 0 aromatic carbocycles. The van der Waals surface area contributed by atoms with Crippen LogP contribution in [0, 0.1) is 0 Å². The van der Waals surface area contributed by atoms with Gasteiger partial charge in [-0.15, -0.1) is 0 Å². The highest BCUT2D eigenvalue weighted by Crippen LogP contribution is 2.19. The van der Waals surface area contributed by atoms with Crippen LogP contribution in [0.4, 0.5) is 17.6 Å². The van der Waals surface area contributed by atoms with Gasteiger partial charge in [-0.2, -0.15) is 9.97 Å². The zero-order chi connectivity index (χ0) is 13.1. The first-order valence-corrected chi connectivity index (χ1v) is 5.70. The molecule has 1 aromatic heterocycles. The Morgan fingerprint density at radius 2 is 2.00 bits per heavy atom. The third kappa shape index (κ3) is 3.74. The average Bonchev–Trinajstić information content (AvgIpc) is 2.15. The van der Waals surface area contributed by atoms with E-state index in [2.05, 4.69) is 20.6 Å². The van der Waals surface area contributed by atoms with Gasteiger partial charge < -0.3 is 21.5 Å². The van der Waals surface area contributed by atoms with E-state index in [-0.39, 0.29) is 5.95 Å². The quantitative estimate of drug-likeness (QED) is 0.613. The number of aromatic nitrogens is 2. The third-order valence-corrected chi connectivity index (χ3v) is 2.60. The molecule has 0 saturated carbocycles. The second-order valence-corrected chi connectivity index (χ2v) is 4.55. The smallest absolute Gasteiger partial charge is 0.223 e. The molecule has 0 bridgehead atoms. The minimum atomic E-state index is -0.513. The van der Waals surface area contributed by atoms with E-state index in [1.54, 1.807) is 13.0 Å². The molecule has 17 heavy (non-hydrogen) atoms. The van der Waals surface area contributed by atoms with E-state index in [1.807, 2.05) is 20.8 Å². The Hall–Kier alpha value is -1.56. The fourth-order valence-corrected chi connectivity index (χ4v) is 1.24. The van der Waals surface area contributed by atoms with Crippen LogP contribution in [-0.4, -0.2) is 33.3 Å². The third-order valence-electron chi connectivity index (χ3n) is 2.60. The Bertz CT molecular complexity index is 378. The lowest BCUT2D eigenvalue weighted by atomic mass is 9.99. The van der Waals surface area contributed by atoms with Crippen molar-refractivity contribution in [2.45, 2.75) is 39.3 Å². The topological polar surface area (TPSA) is 96.1 Å². The first-order valence-electron chi connectivity index (χ1n) is 5.70. The van der Waals surface area contributed by atoms with Crippen molar-refractivity contribution in [1.29, 1.82) is 0 Å². The lowest BCUT2D eigenvalue weighted by Gasteiger charge is -2.30. The second kappa shape index (κ2) is 5.18. The lowest BCUT2D eigenvalue weighted by Crippen LogP contribution is -2.42. The van der Waals surface area contributed by atoms with Gasteiger partial charge in [0.05, 0.1) is 11.6 Å². The Labute approximate surface area is 102 Å². The number of nitrogen functional groups attached to an aromatic ring is 1. The van der Waals surface area contributed by atoms with Crippen molar-refractivity contribution >= 4 is 17.6 Å². The summed E-state index contributed by atoms with van der Waals surface area (Å²) >= 11 is 0. The van der Waals surface area contributed by atoms with Crippen molar-refractivity contribution < 1.29 is 5.11 Å². The monoisotopic (exact) mass is 239 g/mol. The van der Waals surface area contributed by atoms with E-state index < -0.39 is 11.6 Å². The molecule has 0 amide bonds. The highest BCUT2D eigenvalue weighted by Gasteiger charge is 2.24. The number of nitrogens with two attached hydrogens (primary N) is 1. The predicted molar refractivity (Wildman–Crippen MR) is 70.0 cm³/mol. The summed E-state index contributed by atoms with van der Waals surface area (Å²) in [5.41, 5.74) is 5.14. The number of hydrogen-bond acceptors (Lipinski definition) is 6. The van der Waals surface area contributed by atoms with Crippen molar-refractivity contribution in [3.8, 4) is 0 Å². The highest BCUT2D eigenvalue weighted by atomic mass is 16.3. The zero-order valence-corrected chi connectivity index (χ0v) is 10.8. The van der Waals surface area contributed by atoms with Crippen molar-refractivity contribution in [3.05, 3.63) is 6.07 Å². The minimum absolute atomic E-state index is 0.201. The molecule has 0 spiro atoms. The molecule has 0 aliphatic rings. The maximum Gasteiger partial charge on any atom is 0.223 e. The van der Waals surface area contributed by atoms with Crippen LogP contribution in [0.1, 0.15) is 27.7 Å². The Kier molecular flexibility index (Phi) is 4.11. The molecule has 6 nitrogen and oxygen atoms in total. The van der Waals surface area contributed by atoms with Crippen LogP contribution in [-0.2, 0) is 0 Å². The molecule has 1 heterocycles. The molecule has 0 aliphatic heterocycles. The molecule has 1 unspecified atom stereocenters. The van der Waals surface area contributed by atoms with Gasteiger partial charge in [-0.05, 0) is 27.7 Å². The summed E-state index contributed by atoms with van der Waals surface area (Å²) < 4.78 is 0. The summed E-state index contributed by atoms with van der Waals surface area (Å²) in [5.74, 6) is 1.47. The van der Waals surface area contributed by atoms with Crippen LogP contribution in [0.2, 0.25) is 0 Å². The molecule has 5 N–H and O–H groups in total. The van der Waals surface area contributed by atoms with E-state index in [0.717, 1.165) is 6.54 Å². The highest BCUT2D eigenvalue weighted by molar-refractivity contribution is 5.52. The normalized spacial score (nSPS) is 13.2. The summed E-state index contributed by atoms with van der Waals surface area (Å²) in [6, 6.07) is 1.77. The first kappa shape index (κ1) is 13.5. The van der Waals surface area contributed by atoms with Gasteiger partial charge in [0.15, 0.2) is 0 Å². The van der Waals surface area contributed by atoms with E-state index >= 15 is 0 Å². The summed E-state index contributed by atoms with van der Waals surface area (Å²) in [4.78, 5) is 8.14. The summed E-state index contributed by atoms with van der Waals surface area (Å²) in [5, 5.41) is 15.8. The number of rotatable bonds is 5. The Balaban J connectivity index is 2.91. The predicted octanol–water partition coefficient (Wildman–Crippen LogP) is 1.06. The van der Waals surface area contributed by atoms with Crippen molar-refractivity contribution in [1.82, 2.24) is 9.97 Å². The maximum absolute atomic E-state index is 9.63. The van der Waals surface area contributed by atoms with E-state index in [0.29, 0.717) is 11.6 Å². The number of hydrogen-bond donors (Lipinski definition) is 4. The molecule has 96 valence electrons. The van der Waals surface area contributed by atoms with Crippen LogP contribution >= 0.6 is 0 Å². The largest absolute Gasteiger partial charge is 0.391 e. The van der Waals surface area contributed by atoms with Gasteiger partial charge in [-0.3, -0.25) is 0 Å². The number of aliphatic hydroxyl groups is 1. The van der Waals surface area contributed by atoms with Gasteiger partial charge in [-0.25, -0.2) is 0 Å². The van der Waals surface area contributed by atoms with Crippen molar-refractivity contribution in [2.24, 2.45) is 0 Å². The SMILES string of the molecule is CCNc1cc(NC(C)(C)C(C)O)nc(N)n1. The fourth-order valence-electron chi connectivity index (χ4n) is 1.24. The van der Waals surface area contributed by atoms with Gasteiger partial charge in [-0.1, -0.05) is 0 Å². The molecule has 1 rings (SSSR count). The van der Waals surface area contributed by atoms with E-state index in [9.17, 15) is 5.11 Å². The molecule has 0 fully saturated rings. The average molecular weight is 239 g/mol. The number of nitrogens with one attached hydrogen (secondary N) is 2. The molecule has 0 radical (unpaired) electrons. The standard InChI is InChI=1S/C11H21N5O/c1-5-13-8-6-9(15-10(12)14-8)16-11(3,4)7(2)17/h6-7,17H,5H2,1-4H3,(H4,12,13,14,15,16). The molecule has 1 aromatic rings. The van der Waals surface area contributed by atoms with Crippen molar-refractivity contribution in [2.75, 3.05) is 22.9 Å². The summed E-state index contributed by atoms with van der Waals surface area (Å²) in [6.45, 7) is 8.25. The Morgan fingerprint density at radius 3 is 2.53 bits per heavy atom. The van der Waals surface area contributed by atoms with E-state index in [4.69, 9.17) is 5.73 Å². The van der Waals surface area contributed by atoms with Crippen LogP contribution in [0.3, 0.4) is 0 Å². The van der Waals surface area contributed by atoms with E-state index in [1.165, 1.54) is 0 Å². The minimum Gasteiger partial charge on any atom is -0.391 e. The van der Waals surface area contributed by atoms with Crippen LogP contribution in [0.5, 0.6) is 0 Å². The molecule has 6 heteroatoms. The van der Waals surface area contributed by atoms with Gasteiger partial charge >= 0.3 is 0 Å². The van der Waals surface area contributed by atoms with Crippen LogP contribution in [0.15, 0.2) is 6.07 Å². The molecule has 0 aliphatic carbocycles. The number of aliphatic hydroxyl groups excluding tert-OH is 1. The molecule has 1 atom stereocenters. The van der Waals surface area contributed by atoms with Gasteiger partial charge in [0, 0.05) is 12.6 Å². The van der Waals surface area contributed by atoms with Crippen LogP contribution in [0.25, 0.3) is 0 Å². The first-order chi connectivity index (χ1) is 7.85.